The lowest BCUT2D eigenvalue weighted by Gasteiger charge is -2.21. The molecule has 3 heterocycles. The van der Waals surface area contributed by atoms with Gasteiger partial charge in [0.1, 0.15) is 0 Å². The van der Waals surface area contributed by atoms with Crippen molar-refractivity contribution in [3.8, 4) is 0 Å². The van der Waals surface area contributed by atoms with E-state index in [0.29, 0.717) is 43.3 Å². The van der Waals surface area contributed by atoms with Crippen molar-refractivity contribution in [1.82, 2.24) is 14.7 Å². The van der Waals surface area contributed by atoms with Crippen LogP contribution in [0.2, 0.25) is 0 Å². The maximum Gasteiger partial charge on any atom is 0.229 e. The predicted octanol–water partition coefficient (Wildman–Crippen LogP) is -0.650. The standard InChI is InChI=1S/C5H11NO2S.C5H7NO2.C5H9NO/c1-6-2-4-9(7,8)5-3-6;1-6-4(7)2-3-5(6)8;1-6-4-2-3-5(6)7/h2-5H2,1H3;2-3H2,1H3;2-4H2,1H3. The zero-order valence-electron chi connectivity index (χ0n) is 14.7. The molecule has 3 saturated heterocycles. The molecule has 24 heavy (non-hydrogen) atoms. The number of hydrogen-bond donors (Lipinski definition) is 0. The topological polar surface area (TPSA) is 95.1 Å². The summed E-state index contributed by atoms with van der Waals surface area (Å²) < 4.78 is 21.5. The van der Waals surface area contributed by atoms with Gasteiger partial charge in [-0.15, -0.1) is 0 Å². The maximum atomic E-state index is 10.8. The summed E-state index contributed by atoms with van der Waals surface area (Å²) in [5, 5.41) is 0. The van der Waals surface area contributed by atoms with Gasteiger partial charge in [0.05, 0.1) is 11.5 Å². The molecule has 3 fully saturated rings. The molecule has 0 spiro atoms. The monoisotopic (exact) mass is 361 g/mol. The van der Waals surface area contributed by atoms with Crippen LogP contribution in [-0.2, 0) is 24.2 Å². The van der Waals surface area contributed by atoms with E-state index in [1.165, 1.54) is 11.9 Å². The van der Waals surface area contributed by atoms with Crippen molar-refractivity contribution in [2.45, 2.75) is 25.7 Å². The third kappa shape index (κ3) is 6.96. The SMILES string of the molecule is CN1C(=O)CCC1=O.CN1CCCC1=O.CN1CCS(=O)(=O)CC1. The van der Waals surface area contributed by atoms with Gasteiger partial charge in [0.15, 0.2) is 9.84 Å². The van der Waals surface area contributed by atoms with Crippen LogP contribution >= 0.6 is 0 Å². The summed E-state index contributed by atoms with van der Waals surface area (Å²) in [4.78, 5) is 36.4. The molecule has 8 nitrogen and oxygen atoms in total. The Morgan fingerprint density at radius 1 is 0.750 bits per heavy atom. The van der Waals surface area contributed by atoms with E-state index in [9.17, 15) is 22.8 Å². The first-order valence-electron chi connectivity index (χ1n) is 8.04. The Bertz CT molecular complexity index is 546. The molecule has 0 atom stereocenters. The quantitative estimate of drug-likeness (QED) is 0.532. The number of imide groups is 1. The molecule has 0 aromatic carbocycles. The second-order valence-corrected chi connectivity index (χ2v) is 8.52. The summed E-state index contributed by atoms with van der Waals surface area (Å²) >= 11 is 0. The number of carbonyl (C=O) groups is 3. The molecule has 138 valence electrons. The van der Waals surface area contributed by atoms with Crippen LogP contribution in [0, 0.1) is 0 Å². The Hall–Kier alpha value is -1.48. The largest absolute Gasteiger partial charge is 0.346 e. The average molecular weight is 361 g/mol. The normalized spacial score (nSPS) is 23.5. The fourth-order valence-electron chi connectivity index (χ4n) is 2.28. The molecule has 0 aromatic heterocycles. The predicted molar refractivity (Wildman–Crippen MR) is 90.0 cm³/mol. The van der Waals surface area contributed by atoms with Gasteiger partial charge in [0.25, 0.3) is 0 Å². The highest BCUT2D eigenvalue weighted by Crippen LogP contribution is 2.07. The first-order chi connectivity index (χ1) is 11.1. The van der Waals surface area contributed by atoms with Crippen molar-refractivity contribution in [3.63, 3.8) is 0 Å². The van der Waals surface area contributed by atoms with Gasteiger partial charge in [-0.1, -0.05) is 0 Å². The van der Waals surface area contributed by atoms with E-state index in [2.05, 4.69) is 0 Å². The molecule has 3 aliphatic rings. The summed E-state index contributed by atoms with van der Waals surface area (Å²) in [7, 11) is 2.64. The number of rotatable bonds is 0. The van der Waals surface area contributed by atoms with Crippen LogP contribution in [-0.4, -0.2) is 93.1 Å². The second kappa shape index (κ2) is 9.12. The van der Waals surface area contributed by atoms with E-state index >= 15 is 0 Å². The lowest BCUT2D eigenvalue weighted by atomic mass is 10.4. The number of likely N-dealkylation sites (tertiary alicyclic amines) is 2. The summed E-state index contributed by atoms with van der Waals surface area (Å²) in [6.07, 6.45) is 2.61. The average Bonchev–Trinajstić information content (AvgIpc) is 3.04. The zero-order chi connectivity index (χ0) is 18.3. The van der Waals surface area contributed by atoms with Crippen LogP contribution in [0.1, 0.15) is 25.7 Å². The number of carbonyl (C=O) groups excluding carboxylic acids is 3. The molecule has 0 aliphatic carbocycles. The molecule has 3 aliphatic heterocycles. The molecule has 0 bridgehead atoms. The number of amides is 3. The Kier molecular flexibility index (Phi) is 7.82. The third-order valence-corrected chi connectivity index (χ3v) is 5.79. The smallest absolute Gasteiger partial charge is 0.229 e. The third-order valence-electron chi connectivity index (χ3n) is 4.18. The minimum atomic E-state index is -2.66. The summed E-state index contributed by atoms with van der Waals surface area (Å²) in [6.45, 7) is 2.35. The first kappa shape index (κ1) is 20.6. The number of sulfone groups is 1. The molecule has 0 saturated carbocycles. The van der Waals surface area contributed by atoms with E-state index in [0.717, 1.165) is 19.4 Å². The fourth-order valence-corrected chi connectivity index (χ4v) is 3.66. The molecule has 3 amide bonds. The van der Waals surface area contributed by atoms with Crippen molar-refractivity contribution in [2.75, 3.05) is 52.3 Å². The maximum absolute atomic E-state index is 10.8. The Morgan fingerprint density at radius 2 is 1.25 bits per heavy atom. The summed E-state index contributed by atoms with van der Waals surface area (Å²) in [5.74, 6) is 0.845. The molecule has 9 heteroatoms. The Morgan fingerprint density at radius 3 is 1.46 bits per heavy atom. The highest BCUT2D eigenvalue weighted by Gasteiger charge is 2.24. The van der Waals surface area contributed by atoms with Crippen LogP contribution in [0.3, 0.4) is 0 Å². The lowest BCUT2D eigenvalue weighted by molar-refractivity contribution is -0.136. The fraction of sp³-hybridized carbons (Fsp3) is 0.800. The van der Waals surface area contributed by atoms with Gasteiger partial charge in [-0.25, -0.2) is 8.42 Å². The van der Waals surface area contributed by atoms with Crippen LogP contribution in [0.15, 0.2) is 0 Å². The van der Waals surface area contributed by atoms with Crippen molar-refractivity contribution < 1.29 is 22.8 Å². The molecule has 0 radical (unpaired) electrons. The van der Waals surface area contributed by atoms with Crippen LogP contribution in [0.5, 0.6) is 0 Å². The second-order valence-electron chi connectivity index (χ2n) is 6.22. The van der Waals surface area contributed by atoms with Gasteiger partial charge >= 0.3 is 0 Å². The van der Waals surface area contributed by atoms with Gasteiger partial charge < -0.3 is 9.80 Å². The summed E-state index contributed by atoms with van der Waals surface area (Å²) in [6, 6.07) is 0. The summed E-state index contributed by atoms with van der Waals surface area (Å²) in [5.41, 5.74) is 0. The molecule has 0 unspecified atom stereocenters. The van der Waals surface area contributed by atoms with E-state index in [-0.39, 0.29) is 11.8 Å². The van der Waals surface area contributed by atoms with Gasteiger partial charge in [-0.2, -0.15) is 0 Å². The van der Waals surface area contributed by atoms with Gasteiger partial charge in [-0.3, -0.25) is 19.3 Å². The molecule has 0 N–H and O–H groups in total. The Labute approximate surface area is 143 Å². The van der Waals surface area contributed by atoms with Crippen molar-refractivity contribution >= 4 is 27.6 Å². The Balaban J connectivity index is 0.000000181. The van der Waals surface area contributed by atoms with E-state index in [1.807, 2.05) is 19.0 Å². The molecular formula is C15H27N3O5S. The van der Waals surface area contributed by atoms with Crippen molar-refractivity contribution in [3.05, 3.63) is 0 Å². The van der Waals surface area contributed by atoms with Gasteiger partial charge in [0.2, 0.25) is 17.7 Å². The van der Waals surface area contributed by atoms with Crippen LogP contribution in [0.25, 0.3) is 0 Å². The zero-order valence-corrected chi connectivity index (χ0v) is 15.5. The van der Waals surface area contributed by atoms with Crippen molar-refractivity contribution in [2.24, 2.45) is 0 Å². The van der Waals surface area contributed by atoms with Crippen LogP contribution < -0.4 is 0 Å². The number of hydrogen-bond acceptors (Lipinski definition) is 6. The van der Waals surface area contributed by atoms with E-state index < -0.39 is 9.84 Å². The van der Waals surface area contributed by atoms with E-state index in [4.69, 9.17) is 0 Å². The highest BCUT2D eigenvalue weighted by molar-refractivity contribution is 7.91. The first-order valence-corrected chi connectivity index (χ1v) is 9.87. The minimum Gasteiger partial charge on any atom is -0.346 e. The van der Waals surface area contributed by atoms with Crippen molar-refractivity contribution in [1.29, 1.82) is 0 Å². The number of nitrogens with zero attached hydrogens (tertiary/aromatic N) is 3. The van der Waals surface area contributed by atoms with Gasteiger partial charge in [0, 0.05) is 53.0 Å². The lowest BCUT2D eigenvalue weighted by Crippen LogP contribution is -2.37. The highest BCUT2D eigenvalue weighted by atomic mass is 32.2. The van der Waals surface area contributed by atoms with E-state index in [1.54, 1.807) is 4.90 Å². The molecule has 0 aromatic rings. The molecular weight excluding hydrogens is 334 g/mol. The van der Waals surface area contributed by atoms with Crippen LogP contribution in [0.4, 0.5) is 0 Å². The molecule has 3 rings (SSSR count). The van der Waals surface area contributed by atoms with Gasteiger partial charge in [-0.05, 0) is 13.5 Å². The minimum absolute atomic E-state index is 0.0602.